The van der Waals surface area contributed by atoms with Gasteiger partial charge in [0.2, 0.25) is 0 Å². The van der Waals surface area contributed by atoms with Crippen molar-refractivity contribution in [3.8, 4) is 0 Å². The summed E-state index contributed by atoms with van der Waals surface area (Å²) in [5.41, 5.74) is 1.47. The highest BCUT2D eigenvalue weighted by molar-refractivity contribution is 7.97. The predicted octanol–water partition coefficient (Wildman–Crippen LogP) is 2.53. The van der Waals surface area contributed by atoms with Crippen LogP contribution in [0.25, 0.3) is 12.2 Å². The molecular weight excluding hydrogens is 260 g/mol. The van der Waals surface area contributed by atoms with Crippen LogP contribution in [0.3, 0.4) is 0 Å². The van der Waals surface area contributed by atoms with Gasteiger partial charge < -0.3 is 0 Å². The molecule has 0 aliphatic carbocycles. The fraction of sp³-hybridized carbons (Fsp3) is 0. The fourth-order valence-corrected chi connectivity index (χ4v) is 2.13. The molecule has 2 rings (SSSR count). The van der Waals surface area contributed by atoms with Gasteiger partial charge in [0.05, 0.1) is 0 Å². The molecule has 5 heteroatoms. The molecule has 0 radical (unpaired) electrons. The van der Waals surface area contributed by atoms with E-state index >= 15 is 0 Å². The molecule has 0 unspecified atom stereocenters. The van der Waals surface area contributed by atoms with Crippen molar-refractivity contribution < 1.29 is 8.42 Å². The number of nitrogens with zero attached hydrogens (tertiary/aromatic N) is 2. The molecule has 0 bridgehead atoms. The third kappa shape index (κ3) is 4.48. The summed E-state index contributed by atoms with van der Waals surface area (Å²) in [7, 11) is -3.39. The zero-order chi connectivity index (χ0) is 13.6. The molecule has 2 aromatic rings. The summed E-state index contributed by atoms with van der Waals surface area (Å²) < 4.78 is 23.5. The van der Waals surface area contributed by atoms with Gasteiger partial charge in [0.25, 0.3) is 0 Å². The second kappa shape index (κ2) is 6.06. The molecule has 0 saturated heterocycles. The first-order valence-electron chi connectivity index (χ1n) is 5.57. The second-order valence-corrected chi connectivity index (χ2v) is 5.49. The van der Waals surface area contributed by atoms with E-state index in [2.05, 4.69) is 9.97 Å². The SMILES string of the molecule is O=S(=O)(C=Cc1cccnc1)/C=C/c1cccnc1. The maximum Gasteiger partial charge on any atom is 0.193 e. The Hall–Kier alpha value is -2.27. The lowest BCUT2D eigenvalue weighted by molar-refractivity contribution is 0.613. The van der Waals surface area contributed by atoms with Crippen molar-refractivity contribution in [1.29, 1.82) is 0 Å². The smallest absolute Gasteiger partial charge is 0.193 e. The second-order valence-electron chi connectivity index (χ2n) is 3.77. The third-order valence-electron chi connectivity index (χ3n) is 2.27. The van der Waals surface area contributed by atoms with Gasteiger partial charge in [-0.2, -0.15) is 0 Å². The molecule has 0 atom stereocenters. The van der Waals surface area contributed by atoms with Crippen molar-refractivity contribution in [2.75, 3.05) is 0 Å². The molecule has 19 heavy (non-hydrogen) atoms. The fourth-order valence-electron chi connectivity index (χ4n) is 1.34. The van der Waals surface area contributed by atoms with Crippen molar-refractivity contribution in [2.45, 2.75) is 0 Å². The van der Waals surface area contributed by atoms with E-state index in [1.54, 1.807) is 49.1 Å². The van der Waals surface area contributed by atoms with Crippen molar-refractivity contribution in [3.63, 3.8) is 0 Å². The molecule has 0 fully saturated rings. The average Bonchev–Trinajstić information content (AvgIpc) is 2.46. The van der Waals surface area contributed by atoms with E-state index in [0.29, 0.717) is 0 Å². The first-order chi connectivity index (χ1) is 9.16. The van der Waals surface area contributed by atoms with Crippen LogP contribution in [-0.4, -0.2) is 18.4 Å². The van der Waals surface area contributed by atoms with E-state index in [9.17, 15) is 8.42 Å². The van der Waals surface area contributed by atoms with Gasteiger partial charge in [-0.15, -0.1) is 0 Å². The molecule has 2 aromatic heterocycles. The monoisotopic (exact) mass is 272 g/mol. The molecule has 0 N–H and O–H groups in total. The molecule has 96 valence electrons. The number of rotatable bonds is 4. The number of pyridine rings is 2. The molecule has 0 spiro atoms. The highest BCUT2D eigenvalue weighted by Gasteiger charge is 1.99. The van der Waals surface area contributed by atoms with Crippen molar-refractivity contribution >= 4 is 22.0 Å². The van der Waals surface area contributed by atoms with Crippen LogP contribution < -0.4 is 0 Å². The third-order valence-corrected chi connectivity index (χ3v) is 3.30. The van der Waals surface area contributed by atoms with Crippen LogP contribution >= 0.6 is 0 Å². The topological polar surface area (TPSA) is 59.9 Å². The summed E-state index contributed by atoms with van der Waals surface area (Å²) in [6, 6.07) is 7.06. The van der Waals surface area contributed by atoms with Crippen LogP contribution in [0.15, 0.2) is 59.9 Å². The van der Waals surface area contributed by atoms with E-state index in [4.69, 9.17) is 0 Å². The highest BCUT2D eigenvalue weighted by atomic mass is 32.2. The van der Waals surface area contributed by atoms with E-state index in [1.807, 2.05) is 0 Å². The van der Waals surface area contributed by atoms with Gasteiger partial charge in [-0.3, -0.25) is 9.97 Å². The maximum atomic E-state index is 11.8. The predicted molar refractivity (Wildman–Crippen MR) is 75.5 cm³/mol. The maximum absolute atomic E-state index is 11.8. The first kappa shape index (κ1) is 13.2. The lowest BCUT2D eigenvalue weighted by atomic mass is 10.3. The number of sulfone groups is 1. The van der Waals surface area contributed by atoms with Crippen LogP contribution in [0.4, 0.5) is 0 Å². The average molecular weight is 272 g/mol. The number of aromatic nitrogens is 2. The lowest BCUT2D eigenvalue weighted by Gasteiger charge is -1.92. The molecule has 0 saturated carbocycles. The number of hydrogen-bond acceptors (Lipinski definition) is 4. The summed E-state index contributed by atoms with van der Waals surface area (Å²) in [5, 5.41) is 2.30. The largest absolute Gasteiger partial charge is 0.264 e. The lowest BCUT2D eigenvalue weighted by Crippen LogP contribution is -1.88. The quantitative estimate of drug-likeness (QED) is 0.858. The summed E-state index contributed by atoms with van der Waals surface area (Å²) in [6.07, 6.45) is 9.47. The molecule has 0 aliphatic rings. The zero-order valence-electron chi connectivity index (χ0n) is 10.0. The van der Waals surface area contributed by atoms with Crippen molar-refractivity contribution in [2.24, 2.45) is 0 Å². The minimum atomic E-state index is -3.39. The van der Waals surface area contributed by atoms with Crippen molar-refractivity contribution in [1.82, 2.24) is 9.97 Å². The summed E-state index contributed by atoms with van der Waals surface area (Å²) in [6.45, 7) is 0. The Morgan fingerprint density at radius 2 is 1.32 bits per heavy atom. The molecular formula is C14H12N2O2S. The Morgan fingerprint density at radius 1 is 0.842 bits per heavy atom. The Labute approximate surface area is 112 Å². The molecule has 4 nitrogen and oxygen atoms in total. The van der Waals surface area contributed by atoms with Crippen LogP contribution in [0.5, 0.6) is 0 Å². The van der Waals surface area contributed by atoms with Crippen LogP contribution in [0.2, 0.25) is 0 Å². The van der Waals surface area contributed by atoms with Gasteiger partial charge in [-0.25, -0.2) is 8.42 Å². The summed E-state index contributed by atoms with van der Waals surface area (Å²) in [4.78, 5) is 7.81. The number of hydrogen-bond donors (Lipinski definition) is 0. The van der Waals surface area contributed by atoms with E-state index < -0.39 is 9.84 Å². The Balaban J connectivity index is 2.12. The van der Waals surface area contributed by atoms with Crippen LogP contribution in [-0.2, 0) is 9.84 Å². The standard InChI is InChI=1S/C14H12N2O2S/c17-19(18,9-5-13-3-1-7-15-11-13)10-6-14-4-2-8-16-12-14/h1-12H/b9-5+,10-6?. The van der Waals surface area contributed by atoms with Gasteiger partial charge in [-0.1, -0.05) is 12.1 Å². The highest BCUT2D eigenvalue weighted by Crippen LogP contribution is 2.06. The Kier molecular flexibility index (Phi) is 4.20. The zero-order valence-corrected chi connectivity index (χ0v) is 10.9. The molecule has 0 aliphatic heterocycles. The first-order valence-corrected chi connectivity index (χ1v) is 7.18. The van der Waals surface area contributed by atoms with E-state index in [1.165, 1.54) is 12.2 Å². The van der Waals surface area contributed by atoms with Crippen LogP contribution in [0.1, 0.15) is 11.1 Å². The molecule has 0 amide bonds. The summed E-state index contributed by atoms with van der Waals surface area (Å²) >= 11 is 0. The summed E-state index contributed by atoms with van der Waals surface area (Å²) in [5.74, 6) is 0. The van der Waals surface area contributed by atoms with Gasteiger partial charge >= 0.3 is 0 Å². The van der Waals surface area contributed by atoms with Gasteiger partial charge in [0, 0.05) is 35.6 Å². The minimum Gasteiger partial charge on any atom is -0.264 e. The molecule has 2 heterocycles. The molecule has 0 aromatic carbocycles. The normalized spacial score (nSPS) is 12.2. The van der Waals surface area contributed by atoms with E-state index in [0.717, 1.165) is 21.9 Å². The Bertz CT molecular complexity index is 622. The van der Waals surface area contributed by atoms with Gasteiger partial charge in [-0.05, 0) is 35.4 Å². The Morgan fingerprint density at radius 3 is 1.68 bits per heavy atom. The van der Waals surface area contributed by atoms with Crippen LogP contribution in [0, 0.1) is 0 Å². The van der Waals surface area contributed by atoms with Crippen molar-refractivity contribution in [3.05, 3.63) is 71.0 Å². The van der Waals surface area contributed by atoms with Gasteiger partial charge in [0.1, 0.15) is 0 Å². The minimum absolute atomic E-state index is 0.737. The van der Waals surface area contributed by atoms with E-state index in [-0.39, 0.29) is 0 Å². The van der Waals surface area contributed by atoms with Gasteiger partial charge in [0.15, 0.2) is 9.84 Å².